The predicted molar refractivity (Wildman–Crippen MR) is 116 cm³/mol. The van der Waals surface area contributed by atoms with Crippen LogP contribution in [0.2, 0.25) is 0 Å². The lowest BCUT2D eigenvalue weighted by molar-refractivity contribution is -0.135. The molecule has 0 saturated heterocycles. The Bertz CT molecular complexity index is 912. The Kier molecular flexibility index (Phi) is 6.16. The molecule has 0 atom stereocenters. The third kappa shape index (κ3) is 5.11. The van der Waals surface area contributed by atoms with Crippen molar-refractivity contribution >= 4 is 17.5 Å². The van der Waals surface area contributed by atoms with Gasteiger partial charge in [-0.2, -0.15) is 5.10 Å². The maximum Gasteiger partial charge on any atom is 0.251 e. The summed E-state index contributed by atoms with van der Waals surface area (Å²) in [6, 6.07) is 15.5. The Morgan fingerprint density at radius 3 is 2.38 bits per heavy atom. The van der Waals surface area contributed by atoms with E-state index in [0.29, 0.717) is 24.9 Å². The van der Waals surface area contributed by atoms with E-state index in [4.69, 9.17) is 0 Å². The predicted octanol–water partition coefficient (Wildman–Crippen LogP) is 4.23. The second kappa shape index (κ2) is 8.60. The Morgan fingerprint density at radius 1 is 1.07 bits per heavy atom. The molecule has 0 aromatic heterocycles. The average molecular weight is 392 g/mol. The number of rotatable bonds is 6. The molecule has 152 valence electrons. The van der Waals surface area contributed by atoms with Crippen molar-refractivity contribution < 1.29 is 9.59 Å². The lowest BCUT2D eigenvalue weighted by Gasteiger charge is -2.28. The standard InChI is InChI=1S/C24H29N3O2/c1-17-13-18(2)15-20(14-17)21-16-24(3,4)27(26-21)22(28)11-8-12-25-23(29)19-9-6-5-7-10-19/h5-7,9-10,13-15H,8,11-12,16H2,1-4H3,(H,25,29). The number of hydrogen-bond acceptors (Lipinski definition) is 3. The second-order valence-electron chi connectivity index (χ2n) is 8.34. The molecule has 1 aliphatic heterocycles. The lowest BCUT2D eigenvalue weighted by atomic mass is 9.93. The van der Waals surface area contributed by atoms with Gasteiger partial charge in [0.15, 0.2) is 0 Å². The highest BCUT2D eigenvalue weighted by Gasteiger charge is 2.38. The monoisotopic (exact) mass is 391 g/mol. The van der Waals surface area contributed by atoms with Crippen LogP contribution < -0.4 is 5.32 Å². The van der Waals surface area contributed by atoms with Crippen LogP contribution in [-0.4, -0.2) is 34.6 Å². The Morgan fingerprint density at radius 2 is 1.72 bits per heavy atom. The highest BCUT2D eigenvalue weighted by Crippen LogP contribution is 2.30. The number of hydrogen-bond donors (Lipinski definition) is 1. The summed E-state index contributed by atoms with van der Waals surface area (Å²) < 4.78 is 0. The maximum absolute atomic E-state index is 12.8. The van der Waals surface area contributed by atoms with E-state index in [0.717, 1.165) is 17.7 Å². The minimum Gasteiger partial charge on any atom is -0.352 e. The average Bonchev–Trinajstić information content (AvgIpc) is 3.00. The molecule has 5 heteroatoms. The summed E-state index contributed by atoms with van der Waals surface area (Å²) in [7, 11) is 0. The maximum atomic E-state index is 12.8. The van der Waals surface area contributed by atoms with Gasteiger partial charge in [0, 0.05) is 24.9 Å². The first-order valence-electron chi connectivity index (χ1n) is 10.1. The van der Waals surface area contributed by atoms with Gasteiger partial charge < -0.3 is 5.32 Å². The summed E-state index contributed by atoms with van der Waals surface area (Å²) in [4.78, 5) is 24.9. The van der Waals surface area contributed by atoms with Crippen molar-refractivity contribution in [3.05, 3.63) is 70.8 Å². The van der Waals surface area contributed by atoms with Crippen LogP contribution in [0, 0.1) is 13.8 Å². The van der Waals surface area contributed by atoms with Crippen molar-refractivity contribution in [1.29, 1.82) is 0 Å². The third-order valence-electron chi connectivity index (χ3n) is 5.07. The zero-order valence-corrected chi connectivity index (χ0v) is 17.7. The molecule has 2 aromatic carbocycles. The summed E-state index contributed by atoms with van der Waals surface area (Å²) in [5.74, 6) is -0.127. The molecule has 0 bridgehead atoms. The number of amides is 2. The Labute approximate surface area is 172 Å². The molecule has 0 radical (unpaired) electrons. The Balaban J connectivity index is 1.58. The molecule has 3 rings (SSSR count). The molecule has 2 amide bonds. The zero-order chi connectivity index (χ0) is 21.0. The van der Waals surface area contributed by atoms with E-state index < -0.39 is 0 Å². The van der Waals surface area contributed by atoms with Crippen LogP contribution in [0.3, 0.4) is 0 Å². The van der Waals surface area contributed by atoms with Crippen LogP contribution in [0.5, 0.6) is 0 Å². The van der Waals surface area contributed by atoms with E-state index in [-0.39, 0.29) is 17.4 Å². The van der Waals surface area contributed by atoms with Gasteiger partial charge >= 0.3 is 0 Å². The molecule has 2 aromatic rings. The fourth-order valence-electron chi connectivity index (χ4n) is 3.71. The molecular formula is C24H29N3O2. The quantitative estimate of drug-likeness (QED) is 0.749. The van der Waals surface area contributed by atoms with Crippen molar-refractivity contribution in [2.45, 2.75) is 52.5 Å². The van der Waals surface area contributed by atoms with Crippen LogP contribution in [0.25, 0.3) is 0 Å². The number of nitrogens with one attached hydrogen (secondary N) is 1. The van der Waals surface area contributed by atoms with Crippen LogP contribution in [0.4, 0.5) is 0 Å². The highest BCUT2D eigenvalue weighted by atomic mass is 16.2. The molecular weight excluding hydrogens is 362 g/mol. The third-order valence-corrected chi connectivity index (χ3v) is 5.07. The van der Waals surface area contributed by atoms with Gasteiger partial charge in [0.2, 0.25) is 5.91 Å². The van der Waals surface area contributed by atoms with Gasteiger partial charge in [-0.1, -0.05) is 47.5 Å². The van der Waals surface area contributed by atoms with Crippen LogP contribution in [0.15, 0.2) is 53.6 Å². The van der Waals surface area contributed by atoms with Crippen LogP contribution in [-0.2, 0) is 4.79 Å². The highest BCUT2D eigenvalue weighted by molar-refractivity contribution is 6.03. The largest absolute Gasteiger partial charge is 0.352 e. The van der Waals surface area contributed by atoms with Gasteiger partial charge in [0.05, 0.1) is 11.3 Å². The summed E-state index contributed by atoms with van der Waals surface area (Å²) in [6.45, 7) is 8.69. The summed E-state index contributed by atoms with van der Waals surface area (Å²) in [6.07, 6.45) is 1.66. The minimum atomic E-state index is -0.350. The van der Waals surface area contributed by atoms with Crippen molar-refractivity contribution in [2.75, 3.05) is 6.54 Å². The van der Waals surface area contributed by atoms with Gasteiger partial charge in [-0.05, 0) is 51.8 Å². The lowest BCUT2D eigenvalue weighted by Crippen LogP contribution is -2.41. The second-order valence-corrected chi connectivity index (χ2v) is 8.34. The van der Waals surface area contributed by atoms with Gasteiger partial charge in [-0.3, -0.25) is 9.59 Å². The zero-order valence-electron chi connectivity index (χ0n) is 17.7. The summed E-state index contributed by atoms with van der Waals surface area (Å²) >= 11 is 0. The molecule has 0 spiro atoms. The molecule has 5 nitrogen and oxygen atoms in total. The van der Waals surface area contributed by atoms with Crippen molar-refractivity contribution in [1.82, 2.24) is 10.3 Å². The minimum absolute atomic E-state index is 0.0108. The van der Waals surface area contributed by atoms with Crippen LogP contribution >= 0.6 is 0 Å². The van der Waals surface area contributed by atoms with Crippen molar-refractivity contribution in [3.8, 4) is 0 Å². The van der Waals surface area contributed by atoms with E-state index in [1.807, 2.05) is 32.0 Å². The summed E-state index contributed by atoms with van der Waals surface area (Å²) in [5.41, 5.74) is 4.70. The smallest absolute Gasteiger partial charge is 0.251 e. The Hall–Kier alpha value is -2.95. The fraction of sp³-hybridized carbons (Fsp3) is 0.375. The van der Waals surface area contributed by atoms with Gasteiger partial charge in [-0.25, -0.2) is 5.01 Å². The molecule has 29 heavy (non-hydrogen) atoms. The van der Waals surface area contributed by atoms with Crippen molar-refractivity contribution in [2.24, 2.45) is 5.10 Å². The fourth-order valence-corrected chi connectivity index (χ4v) is 3.71. The summed E-state index contributed by atoms with van der Waals surface area (Å²) in [5, 5.41) is 9.16. The molecule has 0 unspecified atom stereocenters. The molecule has 0 aliphatic carbocycles. The van der Waals surface area contributed by atoms with E-state index in [2.05, 4.69) is 42.5 Å². The normalized spacial score (nSPS) is 15.2. The SMILES string of the molecule is Cc1cc(C)cc(C2=NN(C(=O)CCCNC(=O)c3ccccc3)C(C)(C)C2)c1. The number of carbonyl (C=O) groups excluding carboxylic acids is 2. The molecule has 1 aliphatic rings. The first kappa shape index (κ1) is 20.8. The number of hydrazone groups is 1. The molecule has 1 N–H and O–H groups in total. The number of benzene rings is 2. The van der Waals surface area contributed by atoms with E-state index >= 15 is 0 Å². The first-order valence-corrected chi connectivity index (χ1v) is 10.1. The number of nitrogens with zero attached hydrogens (tertiary/aromatic N) is 2. The number of aryl methyl sites for hydroxylation is 2. The molecule has 0 fully saturated rings. The van der Waals surface area contributed by atoms with E-state index in [1.165, 1.54) is 11.1 Å². The van der Waals surface area contributed by atoms with E-state index in [9.17, 15) is 9.59 Å². The number of carbonyl (C=O) groups is 2. The molecule has 0 saturated carbocycles. The topological polar surface area (TPSA) is 61.8 Å². The van der Waals surface area contributed by atoms with Gasteiger partial charge in [-0.15, -0.1) is 0 Å². The van der Waals surface area contributed by atoms with Crippen molar-refractivity contribution in [3.63, 3.8) is 0 Å². The van der Waals surface area contributed by atoms with Gasteiger partial charge in [0.25, 0.3) is 5.91 Å². The molecule has 1 heterocycles. The first-order chi connectivity index (χ1) is 13.8. The van der Waals surface area contributed by atoms with Gasteiger partial charge in [0.1, 0.15) is 0 Å². The van der Waals surface area contributed by atoms with Crippen LogP contribution in [0.1, 0.15) is 60.2 Å². The van der Waals surface area contributed by atoms with E-state index in [1.54, 1.807) is 17.1 Å².